The summed E-state index contributed by atoms with van der Waals surface area (Å²) in [4.78, 5) is 16.8. The molecular weight excluding hydrogens is 282 g/mol. The molecule has 2 aromatic carbocycles. The number of para-hydroxylation sites is 2. The largest absolute Gasteiger partial charge is 0.495 e. The van der Waals surface area contributed by atoms with Crippen LogP contribution in [0.5, 0.6) is 5.75 Å². The van der Waals surface area contributed by atoms with Gasteiger partial charge in [0.1, 0.15) is 5.75 Å². The number of hydrogen-bond acceptors (Lipinski definition) is 4. The van der Waals surface area contributed by atoms with Gasteiger partial charge in [0.25, 0.3) is 5.91 Å². The van der Waals surface area contributed by atoms with Gasteiger partial charge in [-0.1, -0.05) is 47.6 Å². The highest BCUT2D eigenvalue weighted by molar-refractivity contribution is 5.97. The van der Waals surface area contributed by atoms with E-state index >= 15 is 0 Å². The van der Waals surface area contributed by atoms with E-state index in [-0.39, 0.29) is 18.3 Å². The normalized spacial score (nSPS) is 10.9. The quantitative estimate of drug-likeness (QED) is 0.485. The minimum absolute atomic E-state index is 0.214. The van der Waals surface area contributed by atoms with Gasteiger partial charge in [0.2, 0.25) is 0 Å². The molecule has 0 saturated carbocycles. The lowest BCUT2D eigenvalue weighted by Crippen LogP contribution is -2.19. The van der Waals surface area contributed by atoms with Crippen LogP contribution in [0.2, 0.25) is 0 Å². The molecule has 0 saturated heterocycles. The molecule has 2 aromatic rings. The standard InChI is InChI=1S/C16H17N3O3/c1-21-14-10-6-5-9-13(14)18-15(20)11-22-19-16(17)12-7-3-2-4-8-12/h2-10H,11H2,1H3,(H2,17,19)(H,18,20). The van der Waals surface area contributed by atoms with Crippen molar-refractivity contribution in [1.82, 2.24) is 0 Å². The molecule has 0 atom stereocenters. The molecule has 0 unspecified atom stereocenters. The molecule has 0 aliphatic carbocycles. The van der Waals surface area contributed by atoms with E-state index in [1.165, 1.54) is 7.11 Å². The first-order valence-corrected chi connectivity index (χ1v) is 6.64. The van der Waals surface area contributed by atoms with E-state index in [0.29, 0.717) is 11.4 Å². The Kier molecular flexibility index (Phi) is 5.37. The lowest BCUT2D eigenvalue weighted by Gasteiger charge is -2.09. The third-order valence-corrected chi connectivity index (χ3v) is 2.81. The van der Waals surface area contributed by atoms with Gasteiger partial charge in [0.05, 0.1) is 12.8 Å². The second kappa shape index (κ2) is 7.68. The summed E-state index contributed by atoms with van der Waals surface area (Å²) in [5, 5.41) is 6.40. The van der Waals surface area contributed by atoms with E-state index in [9.17, 15) is 4.79 Å². The maximum Gasteiger partial charge on any atom is 0.265 e. The molecule has 6 heteroatoms. The molecule has 0 spiro atoms. The topological polar surface area (TPSA) is 85.9 Å². The highest BCUT2D eigenvalue weighted by Gasteiger charge is 2.07. The highest BCUT2D eigenvalue weighted by atomic mass is 16.6. The smallest absolute Gasteiger partial charge is 0.265 e. The van der Waals surface area contributed by atoms with Crippen LogP contribution in [-0.4, -0.2) is 25.5 Å². The van der Waals surface area contributed by atoms with E-state index in [2.05, 4.69) is 10.5 Å². The van der Waals surface area contributed by atoms with E-state index in [1.54, 1.807) is 30.3 Å². The molecule has 0 aliphatic rings. The van der Waals surface area contributed by atoms with Crippen molar-refractivity contribution < 1.29 is 14.4 Å². The van der Waals surface area contributed by atoms with Crippen molar-refractivity contribution in [2.75, 3.05) is 19.0 Å². The van der Waals surface area contributed by atoms with Crippen LogP contribution in [0.1, 0.15) is 5.56 Å². The molecule has 22 heavy (non-hydrogen) atoms. The number of benzene rings is 2. The van der Waals surface area contributed by atoms with Crippen molar-refractivity contribution in [2.24, 2.45) is 10.9 Å². The molecular formula is C16H17N3O3. The maximum atomic E-state index is 11.8. The van der Waals surface area contributed by atoms with Gasteiger partial charge in [-0.15, -0.1) is 0 Å². The van der Waals surface area contributed by atoms with Crippen molar-refractivity contribution in [3.05, 3.63) is 60.2 Å². The van der Waals surface area contributed by atoms with E-state index in [1.807, 2.05) is 24.3 Å². The summed E-state index contributed by atoms with van der Waals surface area (Å²) in [6.07, 6.45) is 0. The minimum Gasteiger partial charge on any atom is -0.495 e. The molecule has 0 radical (unpaired) electrons. The number of amides is 1. The second-order valence-electron chi connectivity index (χ2n) is 4.36. The van der Waals surface area contributed by atoms with Gasteiger partial charge >= 0.3 is 0 Å². The third-order valence-electron chi connectivity index (χ3n) is 2.81. The first-order valence-electron chi connectivity index (χ1n) is 6.64. The molecule has 3 N–H and O–H groups in total. The van der Waals surface area contributed by atoms with Crippen LogP contribution in [0.15, 0.2) is 59.8 Å². The monoisotopic (exact) mass is 299 g/mol. The first-order chi connectivity index (χ1) is 10.7. The summed E-state index contributed by atoms with van der Waals surface area (Å²) in [5.41, 5.74) is 7.05. The average Bonchev–Trinajstić information content (AvgIpc) is 2.56. The summed E-state index contributed by atoms with van der Waals surface area (Å²) in [6.45, 7) is -0.244. The molecule has 114 valence electrons. The number of nitrogens with zero attached hydrogens (tertiary/aromatic N) is 1. The SMILES string of the molecule is COc1ccccc1NC(=O)CO/N=C(/N)c1ccccc1. The Hall–Kier alpha value is -3.02. The summed E-state index contributed by atoms with van der Waals surface area (Å²) in [5.74, 6) is 0.433. The van der Waals surface area contributed by atoms with Gasteiger partial charge < -0.3 is 20.6 Å². The Morgan fingerprint density at radius 2 is 1.82 bits per heavy atom. The Balaban J connectivity index is 1.88. The zero-order valence-corrected chi connectivity index (χ0v) is 12.2. The van der Waals surface area contributed by atoms with Crippen LogP contribution in [0.3, 0.4) is 0 Å². The van der Waals surface area contributed by atoms with Gasteiger partial charge in [0, 0.05) is 5.56 Å². The van der Waals surface area contributed by atoms with E-state index in [4.69, 9.17) is 15.3 Å². The van der Waals surface area contributed by atoms with Crippen molar-refractivity contribution in [3.63, 3.8) is 0 Å². The predicted octanol–water partition coefficient (Wildman–Crippen LogP) is 1.97. The Morgan fingerprint density at radius 1 is 1.14 bits per heavy atom. The molecule has 0 bridgehead atoms. The molecule has 0 aromatic heterocycles. The number of carbonyl (C=O) groups is 1. The Bertz CT molecular complexity index is 657. The first kappa shape index (κ1) is 15.4. The lowest BCUT2D eigenvalue weighted by molar-refractivity contribution is -0.120. The Morgan fingerprint density at radius 3 is 2.55 bits per heavy atom. The average molecular weight is 299 g/mol. The van der Waals surface area contributed by atoms with Gasteiger partial charge in [-0.2, -0.15) is 0 Å². The number of hydrogen-bond donors (Lipinski definition) is 2. The van der Waals surface area contributed by atoms with Crippen molar-refractivity contribution in [3.8, 4) is 5.75 Å². The second-order valence-corrected chi connectivity index (χ2v) is 4.36. The van der Waals surface area contributed by atoms with Gasteiger partial charge in [-0.3, -0.25) is 4.79 Å². The number of carbonyl (C=O) groups excluding carboxylic acids is 1. The van der Waals surface area contributed by atoms with Gasteiger partial charge in [-0.25, -0.2) is 0 Å². The zero-order valence-electron chi connectivity index (χ0n) is 12.2. The fourth-order valence-corrected chi connectivity index (χ4v) is 1.76. The van der Waals surface area contributed by atoms with Crippen LogP contribution in [-0.2, 0) is 9.63 Å². The number of rotatable bonds is 6. The number of amidine groups is 1. The fourth-order valence-electron chi connectivity index (χ4n) is 1.76. The van der Waals surface area contributed by atoms with Crippen LogP contribution in [0.25, 0.3) is 0 Å². The number of nitrogens with two attached hydrogens (primary N) is 1. The maximum absolute atomic E-state index is 11.8. The highest BCUT2D eigenvalue weighted by Crippen LogP contribution is 2.22. The predicted molar refractivity (Wildman–Crippen MR) is 84.7 cm³/mol. The number of ether oxygens (including phenoxy) is 1. The van der Waals surface area contributed by atoms with Crippen molar-refractivity contribution in [2.45, 2.75) is 0 Å². The number of anilines is 1. The fraction of sp³-hybridized carbons (Fsp3) is 0.125. The molecule has 0 aliphatic heterocycles. The number of oxime groups is 1. The van der Waals surface area contributed by atoms with Gasteiger partial charge in [-0.05, 0) is 12.1 Å². The van der Waals surface area contributed by atoms with Crippen LogP contribution in [0, 0.1) is 0 Å². The zero-order chi connectivity index (χ0) is 15.8. The number of nitrogens with one attached hydrogen (secondary N) is 1. The van der Waals surface area contributed by atoms with E-state index < -0.39 is 0 Å². The summed E-state index contributed by atoms with van der Waals surface area (Å²) in [6, 6.07) is 16.3. The number of methoxy groups -OCH3 is 1. The summed E-state index contributed by atoms with van der Waals surface area (Å²) < 4.78 is 5.14. The van der Waals surface area contributed by atoms with E-state index in [0.717, 1.165) is 5.56 Å². The van der Waals surface area contributed by atoms with Gasteiger partial charge in [0.15, 0.2) is 12.4 Å². The minimum atomic E-state index is -0.353. The molecule has 0 heterocycles. The van der Waals surface area contributed by atoms with Crippen molar-refractivity contribution in [1.29, 1.82) is 0 Å². The van der Waals surface area contributed by atoms with Crippen LogP contribution < -0.4 is 15.8 Å². The molecule has 2 rings (SSSR count). The summed E-state index contributed by atoms with van der Waals surface area (Å²) >= 11 is 0. The van der Waals surface area contributed by atoms with Crippen molar-refractivity contribution >= 4 is 17.4 Å². The molecule has 0 fully saturated rings. The Labute approximate surface area is 128 Å². The molecule has 1 amide bonds. The molecule has 6 nitrogen and oxygen atoms in total. The van der Waals surface area contributed by atoms with Crippen LogP contribution >= 0.6 is 0 Å². The lowest BCUT2D eigenvalue weighted by atomic mass is 10.2. The summed E-state index contributed by atoms with van der Waals surface area (Å²) in [7, 11) is 1.53. The van der Waals surface area contributed by atoms with Crippen LogP contribution in [0.4, 0.5) is 5.69 Å². The third kappa shape index (κ3) is 4.24.